The van der Waals surface area contributed by atoms with Crippen LogP contribution < -0.4 is 11.3 Å². The maximum atomic E-state index is 5.90. The fourth-order valence-electron chi connectivity index (χ4n) is 3.77. The molecule has 1 atom stereocenters. The zero-order chi connectivity index (χ0) is 15.3. The van der Waals surface area contributed by atoms with Crippen LogP contribution in [0, 0.1) is 16.7 Å². The van der Waals surface area contributed by atoms with Crippen LogP contribution in [0.4, 0.5) is 0 Å². The molecule has 1 aromatic carbocycles. The predicted octanol–water partition coefficient (Wildman–Crippen LogP) is 3.06. The molecule has 0 radical (unpaired) electrons. The minimum atomic E-state index is 0.0951. The van der Waals surface area contributed by atoms with Gasteiger partial charge in [0.1, 0.15) is 0 Å². The molecule has 1 unspecified atom stereocenters. The number of hydrogen-bond donors (Lipinski definition) is 2. The molecule has 0 bridgehead atoms. The van der Waals surface area contributed by atoms with Gasteiger partial charge in [-0.3, -0.25) is 11.3 Å². The molecule has 21 heavy (non-hydrogen) atoms. The summed E-state index contributed by atoms with van der Waals surface area (Å²) in [6, 6.07) is 12.3. The van der Waals surface area contributed by atoms with Crippen LogP contribution in [0.25, 0.3) is 5.69 Å². The fourth-order valence-corrected chi connectivity index (χ4v) is 3.77. The van der Waals surface area contributed by atoms with Gasteiger partial charge in [-0.2, -0.15) is 5.10 Å². The highest BCUT2D eigenvalue weighted by atomic mass is 15.3. The first-order valence-electron chi connectivity index (χ1n) is 7.46. The number of nitrogens with zero attached hydrogens (tertiary/aromatic N) is 2. The Morgan fingerprint density at radius 2 is 1.71 bits per heavy atom. The number of hydrogen-bond acceptors (Lipinski definition) is 3. The van der Waals surface area contributed by atoms with Crippen molar-refractivity contribution in [2.75, 3.05) is 0 Å². The summed E-state index contributed by atoms with van der Waals surface area (Å²) in [5.41, 5.74) is 5.73. The topological polar surface area (TPSA) is 55.9 Å². The van der Waals surface area contributed by atoms with Crippen LogP contribution in [0.15, 0.2) is 42.6 Å². The van der Waals surface area contributed by atoms with Crippen LogP contribution in [-0.2, 0) is 0 Å². The number of para-hydroxylation sites is 1. The molecule has 1 aliphatic rings. The van der Waals surface area contributed by atoms with Gasteiger partial charge in [0.25, 0.3) is 0 Å². The lowest BCUT2D eigenvalue weighted by molar-refractivity contribution is 0.401. The second-order valence-electron chi connectivity index (χ2n) is 7.07. The SMILES string of the molecule is CC1(C)C(C(NN)c2ccnn2-c2ccccc2)C1(C)C. The van der Waals surface area contributed by atoms with E-state index in [4.69, 9.17) is 5.84 Å². The molecule has 0 saturated heterocycles. The third kappa shape index (κ3) is 2.01. The Labute approximate surface area is 126 Å². The lowest BCUT2D eigenvalue weighted by atomic mass is 10.0. The maximum Gasteiger partial charge on any atom is 0.0672 e. The molecular formula is C17H24N4. The van der Waals surface area contributed by atoms with Crippen molar-refractivity contribution in [3.05, 3.63) is 48.3 Å². The van der Waals surface area contributed by atoms with Crippen LogP contribution in [-0.4, -0.2) is 9.78 Å². The summed E-state index contributed by atoms with van der Waals surface area (Å²) in [6.45, 7) is 9.24. The minimum absolute atomic E-state index is 0.0951. The van der Waals surface area contributed by atoms with Crippen LogP contribution >= 0.6 is 0 Å². The van der Waals surface area contributed by atoms with Crippen molar-refractivity contribution in [2.45, 2.75) is 33.7 Å². The van der Waals surface area contributed by atoms with E-state index in [9.17, 15) is 0 Å². The molecule has 3 rings (SSSR count). The van der Waals surface area contributed by atoms with E-state index in [0.717, 1.165) is 11.4 Å². The van der Waals surface area contributed by atoms with Crippen molar-refractivity contribution in [1.29, 1.82) is 0 Å². The Balaban J connectivity index is 2.00. The molecule has 1 aliphatic carbocycles. The van der Waals surface area contributed by atoms with E-state index in [1.54, 1.807) is 0 Å². The van der Waals surface area contributed by atoms with E-state index in [0.29, 0.717) is 5.92 Å². The molecule has 1 heterocycles. The standard InChI is InChI=1S/C17H24N4/c1-16(2)15(17(16,3)4)14(20-18)13-10-11-19-21(13)12-8-6-5-7-9-12/h5-11,14-15,20H,18H2,1-4H3. The van der Waals surface area contributed by atoms with E-state index in [2.05, 4.69) is 56.4 Å². The number of nitrogens with two attached hydrogens (primary N) is 1. The summed E-state index contributed by atoms with van der Waals surface area (Å²) in [6.07, 6.45) is 1.84. The van der Waals surface area contributed by atoms with Crippen molar-refractivity contribution >= 4 is 0 Å². The average Bonchev–Trinajstić information content (AvgIpc) is 2.84. The van der Waals surface area contributed by atoms with E-state index in [1.165, 1.54) is 0 Å². The van der Waals surface area contributed by atoms with Crippen molar-refractivity contribution in [2.24, 2.45) is 22.6 Å². The maximum absolute atomic E-state index is 5.90. The van der Waals surface area contributed by atoms with Gasteiger partial charge in [0, 0.05) is 6.20 Å². The van der Waals surface area contributed by atoms with Crippen LogP contribution in [0.2, 0.25) is 0 Å². The largest absolute Gasteiger partial charge is 0.271 e. The Morgan fingerprint density at radius 1 is 1.10 bits per heavy atom. The molecule has 4 nitrogen and oxygen atoms in total. The summed E-state index contributed by atoms with van der Waals surface area (Å²) in [5, 5.41) is 4.48. The number of nitrogens with one attached hydrogen (secondary N) is 1. The first-order chi connectivity index (χ1) is 9.91. The Kier molecular flexibility index (Phi) is 3.19. The third-order valence-electron chi connectivity index (χ3n) is 5.64. The zero-order valence-corrected chi connectivity index (χ0v) is 13.2. The molecule has 0 spiro atoms. The second kappa shape index (κ2) is 4.68. The summed E-state index contributed by atoms with van der Waals surface area (Å²) in [5.74, 6) is 6.38. The van der Waals surface area contributed by atoms with Crippen molar-refractivity contribution in [3.8, 4) is 5.69 Å². The van der Waals surface area contributed by atoms with Gasteiger partial charge in [0.15, 0.2) is 0 Å². The molecule has 1 saturated carbocycles. The van der Waals surface area contributed by atoms with E-state index < -0.39 is 0 Å². The Morgan fingerprint density at radius 3 is 2.24 bits per heavy atom. The van der Waals surface area contributed by atoms with Crippen LogP contribution in [0.5, 0.6) is 0 Å². The number of benzene rings is 1. The van der Waals surface area contributed by atoms with Crippen molar-refractivity contribution in [3.63, 3.8) is 0 Å². The summed E-state index contributed by atoms with van der Waals surface area (Å²) in [7, 11) is 0. The van der Waals surface area contributed by atoms with E-state index >= 15 is 0 Å². The highest BCUT2D eigenvalue weighted by molar-refractivity contribution is 5.34. The second-order valence-corrected chi connectivity index (χ2v) is 7.07. The van der Waals surface area contributed by atoms with Crippen molar-refractivity contribution in [1.82, 2.24) is 15.2 Å². The molecular weight excluding hydrogens is 260 g/mol. The van der Waals surface area contributed by atoms with Gasteiger partial charge < -0.3 is 0 Å². The van der Waals surface area contributed by atoms with Crippen LogP contribution in [0.1, 0.15) is 39.4 Å². The van der Waals surface area contributed by atoms with Gasteiger partial charge >= 0.3 is 0 Å². The predicted molar refractivity (Wildman–Crippen MR) is 84.7 cm³/mol. The molecule has 1 aromatic heterocycles. The molecule has 0 aliphatic heterocycles. The van der Waals surface area contributed by atoms with Gasteiger partial charge in [0.05, 0.1) is 17.4 Å². The fraction of sp³-hybridized carbons (Fsp3) is 0.471. The monoisotopic (exact) mass is 284 g/mol. The average molecular weight is 284 g/mol. The van der Waals surface area contributed by atoms with E-state index in [-0.39, 0.29) is 16.9 Å². The first-order valence-corrected chi connectivity index (χ1v) is 7.46. The summed E-state index contributed by atoms with van der Waals surface area (Å²) >= 11 is 0. The third-order valence-corrected chi connectivity index (χ3v) is 5.64. The summed E-state index contributed by atoms with van der Waals surface area (Å²) in [4.78, 5) is 0. The molecule has 4 heteroatoms. The highest BCUT2D eigenvalue weighted by Gasteiger charge is 2.67. The molecule has 1 fully saturated rings. The van der Waals surface area contributed by atoms with Gasteiger partial charge in [-0.05, 0) is 34.9 Å². The van der Waals surface area contributed by atoms with Gasteiger partial charge in [-0.15, -0.1) is 0 Å². The minimum Gasteiger partial charge on any atom is -0.271 e. The normalized spacial score (nSPS) is 21.2. The van der Waals surface area contributed by atoms with Crippen molar-refractivity contribution < 1.29 is 0 Å². The number of rotatable bonds is 4. The Bertz CT molecular complexity index is 613. The summed E-state index contributed by atoms with van der Waals surface area (Å²) < 4.78 is 1.98. The molecule has 3 N–H and O–H groups in total. The van der Waals surface area contributed by atoms with E-state index in [1.807, 2.05) is 29.1 Å². The quantitative estimate of drug-likeness (QED) is 0.670. The lowest BCUT2D eigenvalue weighted by Crippen LogP contribution is -2.32. The smallest absolute Gasteiger partial charge is 0.0672 e. The first kappa shape index (κ1) is 14.3. The highest BCUT2D eigenvalue weighted by Crippen LogP contribution is 2.72. The Hall–Kier alpha value is -1.65. The van der Waals surface area contributed by atoms with Gasteiger partial charge in [-0.25, -0.2) is 4.68 Å². The molecule has 0 amide bonds. The lowest BCUT2D eigenvalue weighted by Gasteiger charge is -2.20. The number of aromatic nitrogens is 2. The van der Waals surface area contributed by atoms with Gasteiger partial charge in [0.2, 0.25) is 0 Å². The number of hydrazine groups is 1. The molecule has 112 valence electrons. The van der Waals surface area contributed by atoms with Gasteiger partial charge in [-0.1, -0.05) is 45.9 Å². The van der Waals surface area contributed by atoms with Crippen LogP contribution in [0.3, 0.4) is 0 Å². The zero-order valence-electron chi connectivity index (χ0n) is 13.2. The molecule has 2 aromatic rings.